The van der Waals surface area contributed by atoms with E-state index in [-0.39, 0.29) is 24.5 Å². The van der Waals surface area contributed by atoms with Gasteiger partial charge in [-0.05, 0) is 30.5 Å². The number of aliphatic hydroxyl groups is 2. The van der Waals surface area contributed by atoms with Gasteiger partial charge in [0.25, 0.3) is 5.91 Å². The van der Waals surface area contributed by atoms with Crippen LogP contribution in [0, 0.1) is 0 Å². The van der Waals surface area contributed by atoms with Crippen molar-refractivity contribution < 1.29 is 15.0 Å². The number of carbonyl (C=O) groups is 1. The van der Waals surface area contributed by atoms with Crippen molar-refractivity contribution in [2.24, 2.45) is 0 Å². The zero-order valence-corrected chi connectivity index (χ0v) is 18.7. The van der Waals surface area contributed by atoms with Crippen molar-refractivity contribution in [3.63, 3.8) is 0 Å². The van der Waals surface area contributed by atoms with E-state index in [1.807, 2.05) is 17.5 Å². The van der Waals surface area contributed by atoms with Gasteiger partial charge in [0.05, 0.1) is 12.3 Å². The van der Waals surface area contributed by atoms with Crippen molar-refractivity contribution in [2.45, 2.75) is 24.7 Å². The van der Waals surface area contributed by atoms with Gasteiger partial charge in [0.2, 0.25) is 5.95 Å². The van der Waals surface area contributed by atoms with Crippen LogP contribution in [-0.2, 0) is 11.8 Å². The van der Waals surface area contributed by atoms with Gasteiger partial charge in [0.1, 0.15) is 5.01 Å². The van der Waals surface area contributed by atoms with Gasteiger partial charge in [0.15, 0.2) is 0 Å². The summed E-state index contributed by atoms with van der Waals surface area (Å²) in [6, 6.07) is 5.88. The van der Waals surface area contributed by atoms with Crippen molar-refractivity contribution in [2.75, 3.05) is 38.3 Å². The number of benzene rings is 1. The monoisotopic (exact) mass is 451 g/mol. The molecule has 1 saturated carbocycles. The number of carbonyl (C=O) groups excluding carboxylic acids is 1. The van der Waals surface area contributed by atoms with Crippen molar-refractivity contribution in [1.82, 2.24) is 19.9 Å². The summed E-state index contributed by atoms with van der Waals surface area (Å²) in [6.07, 6.45) is 6.35. The lowest BCUT2D eigenvalue weighted by Gasteiger charge is -2.19. The van der Waals surface area contributed by atoms with E-state index in [9.17, 15) is 4.79 Å². The van der Waals surface area contributed by atoms with Gasteiger partial charge in [-0.1, -0.05) is 6.07 Å². The molecular formula is C23H25N5O3S. The van der Waals surface area contributed by atoms with Gasteiger partial charge in [-0.2, -0.15) is 0 Å². The van der Waals surface area contributed by atoms with E-state index in [4.69, 9.17) is 10.2 Å². The zero-order valence-electron chi connectivity index (χ0n) is 17.9. The highest BCUT2D eigenvalue weighted by atomic mass is 32.1. The molecule has 0 radical (unpaired) electrons. The van der Waals surface area contributed by atoms with E-state index in [0.717, 1.165) is 41.3 Å². The van der Waals surface area contributed by atoms with Crippen LogP contribution in [0.25, 0.3) is 10.6 Å². The van der Waals surface area contributed by atoms with Crippen molar-refractivity contribution in [3.8, 4) is 10.6 Å². The van der Waals surface area contributed by atoms with E-state index in [2.05, 4.69) is 25.9 Å². The molecule has 0 bridgehead atoms. The fourth-order valence-electron chi connectivity index (χ4n) is 4.28. The largest absolute Gasteiger partial charge is 0.396 e. The highest BCUT2D eigenvalue weighted by Crippen LogP contribution is 2.57. The maximum absolute atomic E-state index is 12.7. The van der Waals surface area contributed by atoms with Crippen LogP contribution in [0.2, 0.25) is 0 Å². The summed E-state index contributed by atoms with van der Waals surface area (Å²) in [5, 5.41) is 21.0. The standard InChI is InChI=1S/C23H25N5O3S/c1-27(7-9-30)21(31)15-2-3-18-19(10-15)28(14-23(18)5-6-23)22-24-11-16(12-25-22)20-26-17(4-8-29)13-32-20/h2-3,10-13,29-30H,4-9,14H2,1H3. The molecule has 8 nitrogen and oxygen atoms in total. The Bertz CT molecular complexity index is 1140. The predicted octanol–water partition coefficient (Wildman–Crippen LogP) is 2.38. The maximum Gasteiger partial charge on any atom is 0.253 e. The van der Waals surface area contributed by atoms with Gasteiger partial charge >= 0.3 is 0 Å². The molecule has 3 heterocycles. The van der Waals surface area contributed by atoms with Gasteiger partial charge in [-0.25, -0.2) is 15.0 Å². The first-order valence-electron chi connectivity index (χ1n) is 10.7. The minimum atomic E-state index is -0.114. The molecule has 5 rings (SSSR count). The predicted molar refractivity (Wildman–Crippen MR) is 122 cm³/mol. The fraction of sp³-hybridized carbons (Fsp3) is 0.391. The van der Waals surface area contributed by atoms with E-state index in [1.54, 1.807) is 19.4 Å². The molecule has 0 saturated heterocycles. The smallest absolute Gasteiger partial charge is 0.253 e. The summed E-state index contributed by atoms with van der Waals surface area (Å²) in [5.74, 6) is 0.497. The average Bonchev–Trinajstić information content (AvgIpc) is 3.32. The second-order valence-corrected chi connectivity index (χ2v) is 9.30. The van der Waals surface area contributed by atoms with Gasteiger partial charge < -0.3 is 20.0 Å². The number of rotatable bonds is 7. The second kappa shape index (κ2) is 8.23. The molecule has 166 valence electrons. The Balaban J connectivity index is 1.44. The van der Waals surface area contributed by atoms with E-state index in [1.165, 1.54) is 21.8 Å². The first kappa shape index (κ1) is 21.0. The molecule has 2 N–H and O–H groups in total. The highest BCUT2D eigenvalue weighted by molar-refractivity contribution is 7.13. The molecule has 2 aliphatic rings. The summed E-state index contributed by atoms with van der Waals surface area (Å²) >= 11 is 1.52. The third-order valence-corrected chi connectivity index (χ3v) is 7.19. The lowest BCUT2D eigenvalue weighted by atomic mass is 9.97. The number of likely N-dealkylation sites (N-methyl/N-ethyl adjacent to an activating group) is 1. The minimum absolute atomic E-state index is 0.0663. The number of anilines is 2. The SMILES string of the molecule is CN(CCO)C(=O)c1ccc2c(c1)N(c1ncc(-c3nc(CCO)cs3)cn1)CC21CC1. The number of fused-ring (bicyclic) bond motifs is 2. The number of aliphatic hydroxyl groups excluding tert-OH is 2. The fourth-order valence-corrected chi connectivity index (χ4v) is 5.11. The van der Waals surface area contributed by atoms with Crippen LogP contribution in [0.5, 0.6) is 0 Å². The molecule has 0 atom stereocenters. The third kappa shape index (κ3) is 3.66. The molecule has 2 aromatic heterocycles. The van der Waals surface area contributed by atoms with E-state index >= 15 is 0 Å². The Morgan fingerprint density at radius 1 is 1.22 bits per heavy atom. The zero-order chi connectivity index (χ0) is 22.3. The topological polar surface area (TPSA) is 103 Å². The van der Waals surface area contributed by atoms with E-state index in [0.29, 0.717) is 24.5 Å². The molecule has 32 heavy (non-hydrogen) atoms. The highest BCUT2D eigenvalue weighted by Gasteiger charge is 2.52. The summed E-state index contributed by atoms with van der Waals surface area (Å²) < 4.78 is 0. The van der Waals surface area contributed by atoms with Crippen LogP contribution in [0.3, 0.4) is 0 Å². The maximum atomic E-state index is 12.7. The molecule has 1 amide bonds. The number of hydrogen-bond acceptors (Lipinski definition) is 8. The van der Waals surface area contributed by atoms with Crippen LogP contribution in [-0.4, -0.2) is 69.3 Å². The number of nitrogens with zero attached hydrogens (tertiary/aromatic N) is 5. The van der Waals surface area contributed by atoms with Crippen molar-refractivity contribution in [3.05, 3.63) is 52.8 Å². The number of hydrogen-bond donors (Lipinski definition) is 2. The molecular weight excluding hydrogens is 426 g/mol. The lowest BCUT2D eigenvalue weighted by molar-refractivity contribution is 0.0767. The van der Waals surface area contributed by atoms with Crippen LogP contribution >= 0.6 is 11.3 Å². The second-order valence-electron chi connectivity index (χ2n) is 8.44. The molecule has 1 aromatic carbocycles. The Hall–Kier alpha value is -2.88. The molecule has 0 unspecified atom stereocenters. The summed E-state index contributed by atoms with van der Waals surface area (Å²) in [5.41, 5.74) is 4.67. The van der Waals surface area contributed by atoms with Crippen LogP contribution in [0.15, 0.2) is 36.0 Å². The molecule has 1 aliphatic carbocycles. The normalized spacial score (nSPS) is 15.8. The van der Waals surface area contributed by atoms with Gasteiger partial charge in [0, 0.05) is 73.2 Å². The van der Waals surface area contributed by atoms with Gasteiger partial charge in [-0.15, -0.1) is 11.3 Å². The molecule has 9 heteroatoms. The minimum Gasteiger partial charge on any atom is -0.396 e. The molecule has 1 spiro atoms. The van der Waals surface area contributed by atoms with E-state index < -0.39 is 0 Å². The van der Waals surface area contributed by atoms with Crippen molar-refractivity contribution in [1.29, 1.82) is 0 Å². The Labute approximate surface area is 190 Å². The molecule has 1 fully saturated rings. The Kier molecular flexibility index (Phi) is 5.40. The first-order chi connectivity index (χ1) is 15.5. The Morgan fingerprint density at radius 3 is 2.69 bits per heavy atom. The van der Waals surface area contributed by atoms with Crippen molar-refractivity contribution >= 4 is 28.9 Å². The average molecular weight is 452 g/mol. The molecule has 1 aliphatic heterocycles. The number of aromatic nitrogens is 3. The first-order valence-corrected chi connectivity index (χ1v) is 11.6. The van der Waals surface area contributed by atoms with Crippen LogP contribution in [0.4, 0.5) is 11.6 Å². The van der Waals surface area contributed by atoms with Crippen LogP contribution in [0.1, 0.15) is 34.5 Å². The number of thiazole rings is 1. The third-order valence-electron chi connectivity index (χ3n) is 6.25. The quantitative estimate of drug-likeness (QED) is 0.569. The summed E-state index contributed by atoms with van der Waals surface area (Å²) in [6.45, 7) is 1.12. The van der Waals surface area contributed by atoms with Gasteiger partial charge in [-0.3, -0.25) is 4.79 Å². The number of amides is 1. The lowest BCUT2D eigenvalue weighted by Crippen LogP contribution is -2.29. The molecule has 3 aromatic rings. The Morgan fingerprint density at radius 2 is 2.00 bits per heavy atom. The summed E-state index contributed by atoms with van der Waals surface area (Å²) in [4.78, 5) is 30.2. The van der Waals surface area contributed by atoms with Crippen LogP contribution < -0.4 is 4.90 Å². The summed E-state index contributed by atoms with van der Waals surface area (Å²) in [7, 11) is 1.69.